The van der Waals surface area contributed by atoms with Gasteiger partial charge in [0.1, 0.15) is 11.3 Å². The summed E-state index contributed by atoms with van der Waals surface area (Å²) in [5.74, 6) is -0.837. The van der Waals surface area contributed by atoms with Crippen molar-refractivity contribution in [2.45, 2.75) is 13.0 Å². The Labute approximate surface area is 111 Å². The third-order valence-corrected chi connectivity index (χ3v) is 3.10. The molecule has 2 aromatic rings. The molecule has 0 radical (unpaired) electrons. The van der Waals surface area contributed by atoms with Gasteiger partial charge in [0, 0.05) is 19.0 Å². The number of carboxylic acid groups (broad SMARTS) is 1. The molecule has 6 N–H and O–H groups in total. The van der Waals surface area contributed by atoms with E-state index >= 15 is 0 Å². The first-order chi connectivity index (χ1) is 8.86. The van der Waals surface area contributed by atoms with Gasteiger partial charge in [-0.05, 0) is 6.07 Å². The van der Waals surface area contributed by atoms with E-state index in [1.54, 1.807) is 6.07 Å². The molecule has 0 spiro atoms. The summed E-state index contributed by atoms with van der Waals surface area (Å²) in [6, 6.07) is 3.00. The summed E-state index contributed by atoms with van der Waals surface area (Å²) >= 11 is 0.950. The normalized spacial score (nSPS) is 11.7. The summed E-state index contributed by atoms with van der Waals surface area (Å²) in [5.41, 5.74) is 6.26. The number of aromatic nitrogens is 1. The average molecular weight is 286 g/mol. The van der Waals surface area contributed by atoms with Crippen molar-refractivity contribution in [1.82, 2.24) is 4.98 Å². The average Bonchev–Trinajstić information content (AvgIpc) is 2.70. The highest BCUT2D eigenvalue weighted by Crippen LogP contribution is 2.30. The van der Waals surface area contributed by atoms with Crippen LogP contribution in [0.15, 0.2) is 16.9 Å². The van der Waals surface area contributed by atoms with Gasteiger partial charge in [-0.15, -0.1) is 0 Å². The van der Waals surface area contributed by atoms with Crippen molar-refractivity contribution in [2.24, 2.45) is 5.73 Å². The van der Waals surface area contributed by atoms with Crippen LogP contribution in [0.2, 0.25) is 0 Å². The second-order valence-electron chi connectivity index (χ2n) is 3.66. The number of carboxylic acids is 1. The number of rotatable bonds is 2. The molecule has 0 amide bonds. The van der Waals surface area contributed by atoms with Crippen molar-refractivity contribution >= 4 is 27.5 Å². The zero-order valence-corrected chi connectivity index (χ0v) is 10.9. The maximum Gasteiger partial charge on any atom is 0.305 e. The predicted molar refractivity (Wildman–Crippen MR) is 71.4 cm³/mol. The molecule has 1 atom stereocenters. The number of H-pyrrole nitrogens is 1. The van der Waals surface area contributed by atoms with E-state index in [-0.39, 0.29) is 17.2 Å². The summed E-state index contributed by atoms with van der Waals surface area (Å²) in [7, 11) is 0. The number of nitrogens with two attached hydrogens (primary N) is 1. The van der Waals surface area contributed by atoms with Crippen molar-refractivity contribution < 1.29 is 20.1 Å². The number of phenols is 1. The Morgan fingerprint density at radius 1 is 1.53 bits per heavy atom. The first-order valence-corrected chi connectivity index (χ1v) is 6.10. The minimum Gasteiger partial charge on any atom is -0.506 e. The Morgan fingerprint density at radius 2 is 2.11 bits per heavy atom. The quantitative estimate of drug-likeness (QED) is 0.541. The Kier molecular flexibility index (Phi) is 5.04. The maximum atomic E-state index is 11.1. The second-order valence-corrected chi connectivity index (χ2v) is 4.65. The van der Waals surface area contributed by atoms with Crippen LogP contribution in [-0.2, 0) is 4.79 Å². The highest BCUT2D eigenvalue weighted by Gasteiger charge is 2.14. The lowest BCUT2D eigenvalue weighted by atomic mass is 10.1. The third-order valence-electron chi connectivity index (χ3n) is 2.17. The predicted octanol–water partition coefficient (Wildman–Crippen LogP) is 0.378. The maximum absolute atomic E-state index is 11.1. The smallest absolute Gasteiger partial charge is 0.305 e. The number of hydrogen-bond acceptors (Lipinski definition) is 6. The highest BCUT2D eigenvalue weighted by molar-refractivity contribution is 7.16. The van der Waals surface area contributed by atoms with Crippen LogP contribution in [0, 0.1) is 0 Å². The molecule has 1 aromatic heterocycles. The van der Waals surface area contributed by atoms with Gasteiger partial charge < -0.3 is 26.0 Å². The van der Waals surface area contributed by atoms with Crippen LogP contribution in [0.3, 0.4) is 0 Å². The van der Waals surface area contributed by atoms with Crippen molar-refractivity contribution in [1.29, 1.82) is 0 Å². The number of carbonyl (C=O) groups is 1. The molecule has 0 aliphatic rings. The molecule has 1 heterocycles. The Bertz CT molecular complexity index is 630. The second kappa shape index (κ2) is 6.32. The number of fused-ring (bicyclic) bond motifs is 1. The number of thiazole rings is 1. The van der Waals surface area contributed by atoms with E-state index in [2.05, 4.69) is 4.98 Å². The van der Waals surface area contributed by atoms with Crippen LogP contribution in [0.4, 0.5) is 0 Å². The molecule has 7 nitrogen and oxygen atoms in total. The summed E-state index contributed by atoms with van der Waals surface area (Å²) < 4.78 is 0.554. The lowest BCUT2D eigenvalue weighted by molar-refractivity contribution is -0.134. The number of phenolic OH excluding ortho intramolecular Hbond substituents is 1. The molecule has 0 saturated carbocycles. The minimum absolute atomic E-state index is 0.00341. The third kappa shape index (κ3) is 3.78. The van der Waals surface area contributed by atoms with Crippen molar-refractivity contribution in [3.8, 4) is 5.75 Å². The van der Waals surface area contributed by atoms with Gasteiger partial charge in [0.25, 0.3) is 5.97 Å². The zero-order valence-electron chi connectivity index (χ0n) is 10.1. The van der Waals surface area contributed by atoms with Crippen molar-refractivity contribution in [3.05, 3.63) is 27.4 Å². The number of aromatic hydroxyl groups is 1. The number of aliphatic carboxylic acids is 1. The highest BCUT2D eigenvalue weighted by atomic mass is 32.1. The molecular weight excluding hydrogens is 272 g/mol. The van der Waals surface area contributed by atoms with Gasteiger partial charge in [-0.25, -0.2) is 0 Å². The molecule has 8 heteroatoms. The van der Waals surface area contributed by atoms with E-state index < -0.39 is 12.1 Å². The van der Waals surface area contributed by atoms with Crippen LogP contribution in [0.25, 0.3) is 10.2 Å². The number of aliphatic hydroxyl groups excluding tert-OH is 1. The lowest BCUT2D eigenvalue weighted by Crippen LogP contribution is -2.11. The number of benzene rings is 1. The summed E-state index contributed by atoms with van der Waals surface area (Å²) in [4.78, 5) is 22.4. The minimum atomic E-state index is -0.833. The summed E-state index contributed by atoms with van der Waals surface area (Å²) in [6.45, 7) is 1.16. The molecule has 0 fully saturated rings. The molecule has 0 bridgehead atoms. The monoisotopic (exact) mass is 286 g/mol. The van der Waals surface area contributed by atoms with Gasteiger partial charge in [0.15, 0.2) is 0 Å². The Balaban J connectivity index is 0.000000399. The molecule has 1 aromatic carbocycles. The molecular formula is C11H14N2O5S. The van der Waals surface area contributed by atoms with E-state index in [0.29, 0.717) is 15.8 Å². The van der Waals surface area contributed by atoms with Gasteiger partial charge in [-0.3, -0.25) is 9.59 Å². The van der Waals surface area contributed by atoms with E-state index in [0.717, 1.165) is 18.3 Å². The van der Waals surface area contributed by atoms with Crippen LogP contribution in [0.5, 0.6) is 5.75 Å². The van der Waals surface area contributed by atoms with Crippen LogP contribution in [-0.4, -0.2) is 32.8 Å². The fraction of sp³-hybridized carbons (Fsp3) is 0.273. The first kappa shape index (κ1) is 15.2. The lowest BCUT2D eigenvalue weighted by Gasteiger charge is -2.08. The standard InChI is InChI=1S/C9H10N2O3S.C2H4O2/c10-3-6(13)4-1-2-5(12)7-8(4)15-9(14)11-7;1-2(3)4/h1-2,6,12-13H,3,10H2,(H,11,14);1H3,(H,3,4). The molecule has 0 aliphatic heterocycles. The van der Waals surface area contributed by atoms with Gasteiger partial charge in [-0.2, -0.15) is 0 Å². The number of hydrogen-bond donors (Lipinski definition) is 5. The zero-order chi connectivity index (χ0) is 14.6. The molecule has 1 unspecified atom stereocenters. The summed E-state index contributed by atoms with van der Waals surface area (Å²) in [6.07, 6.45) is -0.820. The Hall–Kier alpha value is -1.90. The Morgan fingerprint density at radius 3 is 2.63 bits per heavy atom. The SMILES string of the molecule is CC(=O)O.NCC(O)c1ccc(O)c2[nH]c(=O)sc12. The fourth-order valence-corrected chi connectivity index (χ4v) is 2.35. The molecule has 2 rings (SSSR count). The largest absolute Gasteiger partial charge is 0.506 e. The van der Waals surface area contributed by atoms with Crippen molar-refractivity contribution in [2.75, 3.05) is 6.54 Å². The number of nitrogens with one attached hydrogen (secondary N) is 1. The molecule has 0 aliphatic carbocycles. The van der Waals surface area contributed by atoms with E-state index in [1.165, 1.54) is 6.07 Å². The topological polar surface area (TPSA) is 137 Å². The molecule has 19 heavy (non-hydrogen) atoms. The van der Waals surface area contributed by atoms with Gasteiger partial charge in [-0.1, -0.05) is 17.4 Å². The van der Waals surface area contributed by atoms with Crippen LogP contribution in [0.1, 0.15) is 18.6 Å². The van der Waals surface area contributed by atoms with Crippen molar-refractivity contribution in [3.63, 3.8) is 0 Å². The van der Waals surface area contributed by atoms with Gasteiger partial charge >= 0.3 is 4.87 Å². The van der Waals surface area contributed by atoms with E-state index in [4.69, 9.17) is 15.6 Å². The van der Waals surface area contributed by atoms with Gasteiger partial charge in [0.2, 0.25) is 0 Å². The van der Waals surface area contributed by atoms with E-state index in [9.17, 15) is 15.0 Å². The first-order valence-electron chi connectivity index (χ1n) is 5.29. The summed E-state index contributed by atoms with van der Waals surface area (Å²) in [5, 5.41) is 26.5. The number of aliphatic hydroxyl groups is 1. The van der Waals surface area contributed by atoms with Gasteiger partial charge in [0.05, 0.1) is 10.8 Å². The molecule has 0 saturated heterocycles. The van der Waals surface area contributed by atoms with Crippen LogP contribution >= 0.6 is 11.3 Å². The van der Waals surface area contributed by atoms with E-state index in [1.807, 2.05) is 0 Å². The van der Waals surface area contributed by atoms with Crippen LogP contribution < -0.4 is 10.6 Å². The molecule has 104 valence electrons. The fourth-order valence-electron chi connectivity index (χ4n) is 1.43. The number of aromatic amines is 1.